The van der Waals surface area contributed by atoms with Crippen LogP contribution < -0.4 is 0 Å². The second-order valence-electron chi connectivity index (χ2n) is 4.58. The van der Waals surface area contributed by atoms with Gasteiger partial charge in [-0.1, -0.05) is 6.92 Å². The fraction of sp³-hybridized carbons (Fsp3) is 0.800. The number of nitrogens with zero attached hydrogens (tertiary/aromatic N) is 1. The third-order valence-corrected chi connectivity index (χ3v) is 3.93. The molecule has 2 fully saturated rings. The Morgan fingerprint density at radius 3 is 2.50 bits per heavy atom. The normalized spacial score (nSPS) is 29.9. The van der Waals surface area contributed by atoms with Crippen molar-refractivity contribution in [3.05, 3.63) is 0 Å². The lowest BCUT2D eigenvalue weighted by atomic mass is 10.1. The number of hydrogen-bond donors (Lipinski definition) is 1. The third-order valence-electron chi connectivity index (χ3n) is 3.26. The molecule has 2 aliphatic rings. The molecule has 2 rings (SSSR count). The average molecular weight is 213 g/mol. The highest BCUT2D eigenvalue weighted by Crippen LogP contribution is 2.47. The number of thiol groups is 1. The smallest absolute Gasteiger partial charge is 0.232 e. The maximum absolute atomic E-state index is 11.6. The summed E-state index contributed by atoms with van der Waals surface area (Å²) in [5, 5.41) is 0. The number of carbonyl (C=O) groups excluding carboxylic acids is 2. The number of likely N-dealkylation sites (tertiary alicyclic amines) is 1. The van der Waals surface area contributed by atoms with E-state index in [-0.39, 0.29) is 23.1 Å². The van der Waals surface area contributed by atoms with E-state index in [4.69, 9.17) is 0 Å². The molecule has 0 aromatic heterocycles. The van der Waals surface area contributed by atoms with E-state index in [0.717, 1.165) is 18.6 Å². The van der Waals surface area contributed by atoms with Crippen molar-refractivity contribution in [3.8, 4) is 0 Å². The zero-order valence-corrected chi connectivity index (χ0v) is 9.22. The summed E-state index contributed by atoms with van der Waals surface area (Å²) in [5.41, 5.74) is 0.151. The summed E-state index contributed by atoms with van der Waals surface area (Å²) in [6, 6.07) is 0. The molecule has 1 aliphatic carbocycles. The van der Waals surface area contributed by atoms with Gasteiger partial charge in [-0.3, -0.25) is 14.5 Å². The summed E-state index contributed by atoms with van der Waals surface area (Å²) in [7, 11) is 0. The van der Waals surface area contributed by atoms with Crippen LogP contribution in [0.25, 0.3) is 0 Å². The van der Waals surface area contributed by atoms with Gasteiger partial charge in [-0.05, 0) is 24.0 Å². The van der Waals surface area contributed by atoms with Gasteiger partial charge in [0.15, 0.2) is 0 Å². The molecule has 0 radical (unpaired) electrons. The topological polar surface area (TPSA) is 37.4 Å². The minimum absolute atomic E-state index is 0.00283. The van der Waals surface area contributed by atoms with Crippen LogP contribution in [-0.4, -0.2) is 29.0 Å². The van der Waals surface area contributed by atoms with Gasteiger partial charge in [-0.2, -0.15) is 12.6 Å². The van der Waals surface area contributed by atoms with Crippen molar-refractivity contribution in [1.82, 2.24) is 4.90 Å². The third kappa shape index (κ3) is 1.56. The van der Waals surface area contributed by atoms with Crippen LogP contribution in [0, 0.1) is 11.3 Å². The molecular formula is C10H15NO2S. The first-order valence-electron chi connectivity index (χ1n) is 5.03. The van der Waals surface area contributed by atoms with Crippen molar-refractivity contribution in [2.45, 2.75) is 26.2 Å². The van der Waals surface area contributed by atoms with E-state index in [9.17, 15) is 9.59 Å². The average Bonchev–Trinajstić information content (AvgIpc) is 2.88. The lowest BCUT2D eigenvalue weighted by Crippen LogP contribution is -2.36. The van der Waals surface area contributed by atoms with Gasteiger partial charge in [0.1, 0.15) is 0 Å². The van der Waals surface area contributed by atoms with Crippen molar-refractivity contribution in [3.63, 3.8) is 0 Å². The highest BCUT2D eigenvalue weighted by Gasteiger charge is 2.47. The van der Waals surface area contributed by atoms with Crippen molar-refractivity contribution in [1.29, 1.82) is 0 Å². The van der Waals surface area contributed by atoms with E-state index in [1.807, 2.05) is 6.92 Å². The van der Waals surface area contributed by atoms with Crippen molar-refractivity contribution in [2.75, 3.05) is 12.3 Å². The predicted molar refractivity (Wildman–Crippen MR) is 56.0 cm³/mol. The Kier molecular flexibility index (Phi) is 2.33. The van der Waals surface area contributed by atoms with Crippen LogP contribution in [0.5, 0.6) is 0 Å². The molecule has 1 saturated heterocycles. The van der Waals surface area contributed by atoms with E-state index in [1.54, 1.807) is 0 Å². The summed E-state index contributed by atoms with van der Waals surface area (Å²) in [5.74, 6) is 0.662. The van der Waals surface area contributed by atoms with Gasteiger partial charge in [0, 0.05) is 18.9 Å². The zero-order valence-electron chi connectivity index (χ0n) is 8.32. The molecule has 1 heterocycles. The quantitative estimate of drug-likeness (QED) is 0.563. The van der Waals surface area contributed by atoms with E-state index < -0.39 is 0 Å². The first-order valence-corrected chi connectivity index (χ1v) is 5.66. The largest absolute Gasteiger partial charge is 0.282 e. The van der Waals surface area contributed by atoms with E-state index in [2.05, 4.69) is 12.6 Å². The monoisotopic (exact) mass is 213 g/mol. The molecule has 14 heavy (non-hydrogen) atoms. The van der Waals surface area contributed by atoms with Gasteiger partial charge in [-0.25, -0.2) is 0 Å². The summed E-state index contributed by atoms with van der Waals surface area (Å²) in [4.78, 5) is 24.6. The SMILES string of the molecule is CC1CC(=O)N(CC2(CS)CC2)C1=O. The van der Waals surface area contributed by atoms with Gasteiger partial charge >= 0.3 is 0 Å². The minimum atomic E-state index is -0.113. The van der Waals surface area contributed by atoms with Crippen LogP contribution >= 0.6 is 12.6 Å². The van der Waals surface area contributed by atoms with Gasteiger partial charge in [0.25, 0.3) is 0 Å². The second-order valence-corrected chi connectivity index (χ2v) is 4.90. The Hall–Kier alpha value is -0.510. The molecule has 4 heteroatoms. The fourth-order valence-electron chi connectivity index (χ4n) is 1.89. The molecule has 1 unspecified atom stereocenters. The van der Waals surface area contributed by atoms with Crippen LogP contribution in [0.4, 0.5) is 0 Å². The second kappa shape index (κ2) is 3.26. The maximum atomic E-state index is 11.6. The molecule has 1 aliphatic heterocycles. The Morgan fingerprint density at radius 2 is 2.14 bits per heavy atom. The first-order chi connectivity index (χ1) is 6.58. The van der Waals surface area contributed by atoms with Crippen LogP contribution in [0.15, 0.2) is 0 Å². The lowest BCUT2D eigenvalue weighted by Gasteiger charge is -2.20. The Bertz CT molecular complexity index is 286. The molecule has 78 valence electrons. The lowest BCUT2D eigenvalue weighted by molar-refractivity contribution is -0.140. The molecule has 0 N–H and O–H groups in total. The highest BCUT2D eigenvalue weighted by molar-refractivity contribution is 7.80. The predicted octanol–water partition coefficient (Wildman–Crippen LogP) is 1.09. The van der Waals surface area contributed by atoms with Gasteiger partial charge in [0.05, 0.1) is 0 Å². The minimum Gasteiger partial charge on any atom is -0.282 e. The van der Waals surface area contributed by atoms with E-state index in [0.29, 0.717) is 13.0 Å². The van der Waals surface area contributed by atoms with E-state index in [1.165, 1.54) is 4.90 Å². The number of hydrogen-bond acceptors (Lipinski definition) is 3. The van der Waals surface area contributed by atoms with Crippen LogP contribution in [0.1, 0.15) is 26.2 Å². The molecule has 1 atom stereocenters. The Labute approximate surface area is 89.3 Å². The number of imide groups is 1. The molecule has 0 bridgehead atoms. The van der Waals surface area contributed by atoms with Crippen molar-refractivity contribution in [2.24, 2.45) is 11.3 Å². The molecule has 3 nitrogen and oxygen atoms in total. The highest BCUT2D eigenvalue weighted by atomic mass is 32.1. The van der Waals surface area contributed by atoms with Crippen LogP contribution in [0.3, 0.4) is 0 Å². The first kappa shape index (κ1) is 10.0. The molecular weight excluding hydrogens is 198 g/mol. The molecule has 0 aromatic carbocycles. The van der Waals surface area contributed by atoms with Gasteiger partial charge < -0.3 is 0 Å². The summed E-state index contributed by atoms with van der Waals surface area (Å²) < 4.78 is 0. The standard InChI is InChI=1S/C10H15NO2S/c1-7-4-8(12)11(9(7)13)5-10(6-14)2-3-10/h7,14H,2-6H2,1H3. The van der Waals surface area contributed by atoms with Crippen LogP contribution in [0.2, 0.25) is 0 Å². The summed E-state index contributed by atoms with van der Waals surface area (Å²) >= 11 is 4.27. The Morgan fingerprint density at radius 1 is 1.50 bits per heavy atom. The maximum Gasteiger partial charge on any atom is 0.232 e. The summed E-state index contributed by atoms with van der Waals surface area (Å²) in [6.45, 7) is 2.42. The van der Waals surface area contributed by atoms with Crippen molar-refractivity contribution < 1.29 is 9.59 Å². The molecule has 1 saturated carbocycles. The molecule has 0 aromatic rings. The van der Waals surface area contributed by atoms with E-state index >= 15 is 0 Å². The van der Waals surface area contributed by atoms with Crippen molar-refractivity contribution >= 4 is 24.4 Å². The van der Waals surface area contributed by atoms with Gasteiger partial charge in [0.2, 0.25) is 11.8 Å². The molecule has 2 amide bonds. The summed E-state index contributed by atoms with van der Waals surface area (Å²) in [6.07, 6.45) is 2.59. The number of rotatable bonds is 3. The van der Waals surface area contributed by atoms with Crippen LogP contribution in [-0.2, 0) is 9.59 Å². The number of amides is 2. The fourth-order valence-corrected chi connectivity index (χ4v) is 2.31. The number of carbonyl (C=O) groups is 2. The molecule has 0 spiro atoms. The zero-order chi connectivity index (χ0) is 10.3. The van der Waals surface area contributed by atoms with Gasteiger partial charge in [-0.15, -0.1) is 0 Å². The Balaban J connectivity index is 2.04.